The highest BCUT2D eigenvalue weighted by molar-refractivity contribution is 5.95. The lowest BCUT2D eigenvalue weighted by atomic mass is 10.0. The van der Waals surface area contributed by atoms with E-state index in [0.717, 1.165) is 5.56 Å². The molecule has 0 radical (unpaired) electrons. The fourth-order valence-electron chi connectivity index (χ4n) is 3.57. The molecular weight excluding hydrogens is 394 g/mol. The highest BCUT2D eigenvalue weighted by Gasteiger charge is 2.32. The summed E-state index contributed by atoms with van der Waals surface area (Å²) in [6.07, 6.45) is -0.287. The number of hydrogen-bond acceptors (Lipinski definition) is 5. The summed E-state index contributed by atoms with van der Waals surface area (Å²) in [7, 11) is 1.60. The minimum atomic E-state index is -0.457. The van der Waals surface area contributed by atoms with Gasteiger partial charge in [0.05, 0.1) is 13.7 Å². The molecule has 0 aliphatic carbocycles. The number of carbonyl (C=O) groups excluding carboxylic acids is 2. The zero-order valence-electron chi connectivity index (χ0n) is 18.4. The van der Waals surface area contributed by atoms with E-state index in [9.17, 15) is 9.59 Å². The van der Waals surface area contributed by atoms with Gasteiger partial charge < -0.3 is 19.7 Å². The van der Waals surface area contributed by atoms with Crippen molar-refractivity contribution < 1.29 is 19.1 Å². The van der Waals surface area contributed by atoms with Gasteiger partial charge in [0.15, 0.2) is 0 Å². The van der Waals surface area contributed by atoms with Gasteiger partial charge in [0.25, 0.3) is 0 Å². The van der Waals surface area contributed by atoms with Gasteiger partial charge in [0, 0.05) is 37.9 Å². The van der Waals surface area contributed by atoms with E-state index in [4.69, 9.17) is 9.47 Å². The quantitative estimate of drug-likeness (QED) is 0.731. The average molecular weight is 426 g/mol. The van der Waals surface area contributed by atoms with E-state index in [1.54, 1.807) is 18.1 Å². The van der Waals surface area contributed by atoms with Crippen molar-refractivity contribution in [2.45, 2.75) is 19.9 Å². The van der Waals surface area contributed by atoms with Crippen LogP contribution in [0.5, 0.6) is 5.75 Å². The van der Waals surface area contributed by atoms with Crippen molar-refractivity contribution in [3.05, 3.63) is 60.2 Å². The maximum atomic E-state index is 13.3. The van der Waals surface area contributed by atoms with Gasteiger partial charge in [-0.2, -0.15) is 0 Å². The third-order valence-electron chi connectivity index (χ3n) is 5.18. The van der Waals surface area contributed by atoms with Gasteiger partial charge in [0.2, 0.25) is 5.91 Å². The molecule has 166 valence electrons. The molecule has 1 unspecified atom stereocenters. The minimum absolute atomic E-state index is 0.115. The molecule has 1 aliphatic heterocycles. The first-order valence-electron chi connectivity index (χ1n) is 10.6. The number of nitrogens with zero attached hydrogens (tertiary/aromatic N) is 2. The zero-order chi connectivity index (χ0) is 22.2. The molecule has 3 rings (SSSR count). The number of piperazine rings is 1. The Morgan fingerprint density at radius 2 is 1.71 bits per heavy atom. The van der Waals surface area contributed by atoms with Gasteiger partial charge in [0.1, 0.15) is 11.8 Å². The van der Waals surface area contributed by atoms with E-state index in [2.05, 4.69) is 10.2 Å². The fourth-order valence-corrected chi connectivity index (χ4v) is 3.57. The molecule has 31 heavy (non-hydrogen) atoms. The second-order valence-electron chi connectivity index (χ2n) is 8.03. The highest BCUT2D eigenvalue weighted by atomic mass is 16.6. The summed E-state index contributed by atoms with van der Waals surface area (Å²) in [5.74, 6) is 0.867. The van der Waals surface area contributed by atoms with Crippen LogP contribution in [0.1, 0.15) is 25.5 Å². The topological polar surface area (TPSA) is 71.1 Å². The molecule has 1 heterocycles. The largest absolute Gasteiger partial charge is 0.497 e. The predicted octanol–water partition coefficient (Wildman–Crippen LogP) is 3.79. The minimum Gasteiger partial charge on any atom is -0.497 e. The molecule has 1 aliphatic rings. The van der Waals surface area contributed by atoms with Crippen LogP contribution >= 0.6 is 0 Å². The maximum Gasteiger partial charge on any atom is 0.409 e. The maximum absolute atomic E-state index is 13.3. The highest BCUT2D eigenvalue weighted by Crippen LogP contribution is 2.25. The molecule has 1 fully saturated rings. The first kappa shape index (κ1) is 22.6. The van der Waals surface area contributed by atoms with Gasteiger partial charge in [-0.25, -0.2) is 4.79 Å². The Morgan fingerprint density at radius 1 is 1.00 bits per heavy atom. The van der Waals surface area contributed by atoms with Crippen molar-refractivity contribution >= 4 is 17.7 Å². The number of rotatable bonds is 7. The van der Waals surface area contributed by atoms with Gasteiger partial charge in [-0.3, -0.25) is 9.69 Å². The van der Waals surface area contributed by atoms with E-state index < -0.39 is 6.04 Å². The Kier molecular flexibility index (Phi) is 7.89. The van der Waals surface area contributed by atoms with E-state index in [1.165, 1.54) is 0 Å². The van der Waals surface area contributed by atoms with Crippen LogP contribution in [0.2, 0.25) is 0 Å². The monoisotopic (exact) mass is 425 g/mol. The molecule has 0 saturated carbocycles. The van der Waals surface area contributed by atoms with Crippen LogP contribution in [-0.2, 0) is 9.53 Å². The van der Waals surface area contributed by atoms with Crippen molar-refractivity contribution in [3.8, 4) is 5.75 Å². The Bertz CT molecular complexity index is 864. The standard InChI is InChI=1S/C24H31N3O4/c1-18(2)17-31-24(29)27-14-12-26(13-15-27)22(19-8-5-4-6-9-19)23(28)25-20-10-7-11-21(16-20)30-3/h4-11,16,18,22H,12-15,17H2,1-3H3,(H,25,28). The van der Waals surface area contributed by atoms with Crippen LogP contribution < -0.4 is 10.1 Å². The summed E-state index contributed by atoms with van der Waals surface area (Å²) in [6.45, 7) is 6.64. The van der Waals surface area contributed by atoms with Crippen molar-refractivity contribution in [2.24, 2.45) is 5.92 Å². The van der Waals surface area contributed by atoms with Crippen molar-refractivity contribution in [1.82, 2.24) is 9.80 Å². The summed E-state index contributed by atoms with van der Waals surface area (Å²) in [4.78, 5) is 29.4. The molecule has 2 amide bonds. The Balaban J connectivity index is 1.70. The van der Waals surface area contributed by atoms with Gasteiger partial charge >= 0.3 is 6.09 Å². The summed E-state index contributed by atoms with van der Waals surface area (Å²) in [5.41, 5.74) is 1.60. The van der Waals surface area contributed by atoms with E-state index in [-0.39, 0.29) is 12.0 Å². The number of benzene rings is 2. The number of nitrogens with one attached hydrogen (secondary N) is 1. The molecule has 1 atom stereocenters. The first-order valence-corrected chi connectivity index (χ1v) is 10.6. The Labute approximate surface area is 183 Å². The SMILES string of the molecule is COc1cccc(NC(=O)C(c2ccccc2)N2CCN(C(=O)OCC(C)C)CC2)c1. The number of methoxy groups -OCH3 is 1. The summed E-state index contributed by atoms with van der Waals surface area (Å²) in [6, 6.07) is 16.6. The molecule has 2 aromatic rings. The molecule has 7 nitrogen and oxygen atoms in total. The van der Waals surface area contributed by atoms with E-state index in [0.29, 0.717) is 50.1 Å². The Hall–Kier alpha value is -3.06. The normalized spacial score (nSPS) is 15.4. The van der Waals surface area contributed by atoms with Gasteiger partial charge in [-0.15, -0.1) is 0 Å². The number of amides is 2. The lowest BCUT2D eigenvalue weighted by Gasteiger charge is -2.38. The molecular formula is C24H31N3O4. The van der Waals surface area contributed by atoms with Crippen LogP contribution in [0.4, 0.5) is 10.5 Å². The first-order chi connectivity index (χ1) is 15.0. The number of anilines is 1. The smallest absolute Gasteiger partial charge is 0.409 e. The zero-order valence-corrected chi connectivity index (χ0v) is 18.4. The summed E-state index contributed by atoms with van der Waals surface area (Å²) >= 11 is 0. The average Bonchev–Trinajstić information content (AvgIpc) is 2.79. The van der Waals surface area contributed by atoms with Crippen molar-refractivity contribution in [1.29, 1.82) is 0 Å². The number of carbonyl (C=O) groups is 2. The number of hydrogen-bond donors (Lipinski definition) is 1. The third kappa shape index (κ3) is 6.21. The molecule has 7 heteroatoms. The lowest BCUT2D eigenvalue weighted by molar-refractivity contribution is -0.122. The molecule has 1 saturated heterocycles. The second-order valence-corrected chi connectivity index (χ2v) is 8.03. The van der Waals surface area contributed by atoms with Crippen LogP contribution in [0.3, 0.4) is 0 Å². The third-order valence-corrected chi connectivity index (χ3v) is 5.18. The van der Waals surface area contributed by atoms with Crippen LogP contribution in [0.15, 0.2) is 54.6 Å². The van der Waals surface area contributed by atoms with Crippen LogP contribution in [-0.4, -0.2) is 61.7 Å². The summed E-state index contributed by atoms with van der Waals surface area (Å²) < 4.78 is 10.6. The van der Waals surface area contributed by atoms with Crippen LogP contribution in [0.25, 0.3) is 0 Å². The predicted molar refractivity (Wildman–Crippen MR) is 120 cm³/mol. The van der Waals surface area contributed by atoms with E-state index >= 15 is 0 Å². The number of ether oxygens (including phenoxy) is 2. The molecule has 0 spiro atoms. The Morgan fingerprint density at radius 3 is 2.35 bits per heavy atom. The van der Waals surface area contributed by atoms with Crippen LogP contribution in [0, 0.1) is 5.92 Å². The molecule has 0 aromatic heterocycles. The lowest BCUT2D eigenvalue weighted by Crippen LogP contribution is -2.51. The summed E-state index contributed by atoms with van der Waals surface area (Å²) in [5, 5.41) is 3.01. The molecule has 1 N–H and O–H groups in total. The van der Waals surface area contributed by atoms with Gasteiger partial charge in [-0.05, 0) is 23.6 Å². The van der Waals surface area contributed by atoms with Crippen molar-refractivity contribution in [2.75, 3.05) is 45.2 Å². The second kappa shape index (κ2) is 10.8. The molecule has 0 bridgehead atoms. The van der Waals surface area contributed by atoms with E-state index in [1.807, 2.05) is 62.4 Å². The van der Waals surface area contributed by atoms with Gasteiger partial charge in [-0.1, -0.05) is 50.2 Å². The fraction of sp³-hybridized carbons (Fsp3) is 0.417. The van der Waals surface area contributed by atoms with Crippen molar-refractivity contribution in [3.63, 3.8) is 0 Å². The molecule has 2 aromatic carbocycles.